The molecule has 0 aliphatic heterocycles. The summed E-state index contributed by atoms with van der Waals surface area (Å²) in [4.78, 5) is 12.0. The average Bonchev–Trinajstić information content (AvgIpc) is 3.15. The van der Waals surface area contributed by atoms with Gasteiger partial charge in [0, 0.05) is 0 Å². The van der Waals surface area contributed by atoms with E-state index >= 15 is 0 Å². The second-order valence-corrected chi connectivity index (χ2v) is 12.4. The standard InChI is InChI=1S/C30H42O2/c1-19(31)28(20(2)32)22-9-7-21(8-10-22)23-13-17-30(4)24(18-23)11-12-25-26-6-5-15-29(26,3)16-14-27(25)30/h7-10,23-27,31H,5-6,11-18H2,1-4H3/b28-19+/t23?,24-,25-,26-,27-,29-,30-/m1/s1. The maximum Gasteiger partial charge on any atom is 0.163 e. The molecule has 0 saturated heterocycles. The van der Waals surface area contributed by atoms with E-state index in [2.05, 4.69) is 26.0 Å². The monoisotopic (exact) mass is 434 g/mol. The van der Waals surface area contributed by atoms with Gasteiger partial charge in [-0.25, -0.2) is 0 Å². The van der Waals surface area contributed by atoms with Crippen LogP contribution in [0.4, 0.5) is 0 Å². The molecule has 174 valence electrons. The fraction of sp³-hybridized carbons (Fsp3) is 0.700. The summed E-state index contributed by atoms with van der Waals surface area (Å²) >= 11 is 0. The van der Waals surface area contributed by atoms with Gasteiger partial charge in [-0.1, -0.05) is 44.5 Å². The number of aliphatic hydroxyl groups excluding tert-OH is 1. The fourth-order valence-corrected chi connectivity index (χ4v) is 9.14. The SMILES string of the molecule is CC(=O)/C(=C(/C)O)c1ccc(C2CC[C@]3(C)[C@H](CC[C@@H]4[C@H]5CCC[C@]5(C)CC[C@H]43)C2)cc1. The molecule has 1 aromatic carbocycles. The van der Waals surface area contributed by atoms with E-state index in [0.717, 1.165) is 29.2 Å². The van der Waals surface area contributed by atoms with E-state index in [1.807, 2.05) is 12.1 Å². The van der Waals surface area contributed by atoms with Crippen LogP contribution in [0.25, 0.3) is 5.57 Å². The fourth-order valence-electron chi connectivity index (χ4n) is 9.14. The number of ketones is 1. The number of Topliss-reactive ketones (excluding diaryl/α,β-unsaturated/α-hetero) is 1. The van der Waals surface area contributed by atoms with Crippen molar-refractivity contribution >= 4 is 11.4 Å². The van der Waals surface area contributed by atoms with Crippen LogP contribution in [0.15, 0.2) is 30.0 Å². The highest BCUT2D eigenvalue weighted by Crippen LogP contribution is 2.67. The van der Waals surface area contributed by atoms with Crippen molar-refractivity contribution in [3.05, 3.63) is 41.2 Å². The molecule has 5 rings (SSSR count). The molecule has 0 spiro atoms. The van der Waals surface area contributed by atoms with Crippen molar-refractivity contribution in [2.45, 2.75) is 97.8 Å². The molecule has 0 heterocycles. The molecule has 2 nitrogen and oxygen atoms in total. The van der Waals surface area contributed by atoms with Gasteiger partial charge in [0.15, 0.2) is 5.78 Å². The quantitative estimate of drug-likeness (QED) is 0.385. The first-order valence-electron chi connectivity index (χ1n) is 13.2. The Kier molecular flexibility index (Phi) is 5.58. The van der Waals surface area contributed by atoms with Gasteiger partial charge in [-0.15, -0.1) is 0 Å². The Hall–Kier alpha value is -1.57. The summed E-state index contributed by atoms with van der Waals surface area (Å²) in [7, 11) is 0. The van der Waals surface area contributed by atoms with E-state index in [0.29, 0.717) is 22.3 Å². The first-order valence-corrected chi connectivity index (χ1v) is 13.2. The van der Waals surface area contributed by atoms with E-state index < -0.39 is 0 Å². The highest BCUT2D eigenvalue weighted by molar-refractivity contribution is 6.20. The van der Waals surface area contributed by atoms with Crippen molar-refractivity contribution in [1.29, 1.82) is 0 Å². The Bertz CT molecular complexity index is 907. The highest BCUT2D eigenvalue weighted by atomic mass is 16.3. The van der Waals surface area contributed by atoms with Gasteiger partial charge in [-0.05, 0) is 123 Å². The Labute approximate surface area is 194 Å². The van der Waals surface area contributed by atoms with E-state index in [1.54, 1.807) is 6.92 Å². The van der Waals surface area contributed by atoms with Crippen LogP contribution in [0.3, 0.4) is 0 Å². The van der Waals surface area contributed by atoms with Crippen LogP contribution in [-0.4, -0.2) is 10.9 Å². The molecule has 1 N–H and O–H groups in total. The van der Waals surface area contributed by atoms with Gasteiger partial charge in [0.05, 0.1) is 5.57 Å². The van der Waals surface area contributed by atoms with Crippen LogP contribution < -0.4 is 0 Å². The highest BCUT2D eigenvalue weighted by Gasteiger charge is 2.57. The third-order valence-corrected chi connectivity index (χ3v) is 10.8. The Morgan fingerprint density at radius 1 is 0.906 bits per heavy atom. The molecule has 4 aliphatic rings. The Balaban J connectivity index is 1.32. The number of carbonyl (C=O) groups excluding carboxylic acids is 1. The zero-order valence-electron chi connectivity index (χ0n) is 20.6. The summed E-state index contributed by atoms with van der Waals surface area (Å²) in [6.45, 7) is 8.41. The van der Waals surface area contributed by atoms with Gasteiger partial charge < -0.3 is 5.11 Å². The Morgan fingerprint density at radius 2 is 1.66 bits per heavy atom. The lowest BCUT2D eigenvalue weighted by molar-refractivity contribution is -0.111. The summed E-state index contributed by atoms with van der Waals surface area (Å²) in [5.41, 5.74) is 3.90. The van der Waals surface area contributed by atoms with E-state index in [-0.39, 0.29) is 11.5 Å². The van der Waals surface area contributed by atoms with Crippen LogP contribution in [0.1, 0.15) is 109 Å². The number of aliphatic hydroxyl groups is 1. The molecule has 1 aromatic rings. The van der Waals surface area contributed by atoms with Gasteiger partial charge in [0.25, 0.3) is 0 Å². The third-order valence-electron chi connectivity index (χ3n) is 10.8. The normalized spacial score (nSPS) is 41.8. The molecular formula is C30H42O2. The second-order valence-electron chi connectivity index (χ2n) is 12.4. The molecule has 0 radical (unpaired) electrons. The predicted octanol–water partition coefficient (Wildman–Crippen LogP) is 8.08. The van der Waals surface area contributed by atoms with Crippen molar-refractivity contribution in [2.75, 3.05) is 0 Å². The van der Waals surface area contributed by atoms with Crippen molar-refractivity contribution in [2.24, 2.45) is 34.5 Å². The molecular weight excluding hydrogens is 392 g/mol. The van der Waals surface area contributed by atoms with Crippen LogP contribution in [0.5, 0.6) is 0 Å². The maximum atomic E-state index is 12.0. The van der Waals surface area contributed by atoms with Crippen LogP contribution in [0, 0.1) is 34.5 Å². The van der Waals surface area contributed by atoms with E-state index in [1.165, 1.54) is 76.7 Å². The zero-order chi connectivity index (χ0) is 22.7. The minimum Gasteiger partial charge on any atom is -0.512 e. The topological polar surface area (TPSA) is 37.3 Å². The number of hydrogen-bond acceptors (Lipinski definition) is 2. The third kappa shape index (κ3) is 3.48. The van der Waals surface area contributed by atoms with Gasteiger partial charge >= 0.3 is 0 Å². The Morgan fingerprint density at radius 3 is 2.34 bits per heavy atom. The van der Waals surface area contributed by atoms with Gasteiger partial charge in [0.2, 0.25) is 0 Å². The predicted molar refractivity (Wildman–Crippen MR) is 131 cm³/mol. The molecule has 4 saturated carbocycles. The minimum absolute atomic E-state index is 0.0752. The molecule has 7 atom stereocenters. The first-order chi connectivity index (χ1) is 15.2. The second kappa shape index (κ2) is 8.03. The summed E-state index contributed by atoms with van der Waals surface area (Å²) in [5.74, 6) is 4.49. The lowest BCUT2D eigenvalue weighted by Crippen LogP contribution is -2.52. The molecule has 2 heteroatoms. The summed E-state index contributed by atoms with van der Waals surface area (Å²) < 4.78 is 0. The molecule has 0 amide bonds. The van der Waals surface area contributed by atoms with E-state index in [4.69, 9.17) is 0 Å². The molecule has 1 unspecified atom stereocenters. The minimum atomic E-state index is -0.0752. The maximum absolute atomic E-state index is 12.0. The summed E-state index contributed by atoms with van der Waals surface area (Å²) in [6.07, 6.45) is 14.3. The molecule has 4 fully saturated rings. The van der Waals surface area contributed by atoms with Crippen molar-refractivity contribution in [3.8, 4) is 0 Å². The summed E-state index contributed by atoms with van der Waals surface area (Å²) in [6, 6.07) is 8.51. The smallest absolute Gasteiger partial charge is 0.163 e. The molecule has 0 aromatic heterocycles. The number of fused-ring (bicyclic) bond motifs is 5. The number of allylic oxidation sites excluding steroid dienone is 2. The number of rotatable bonds is 3. The van der Waals surface area contributed by atoms with Crippen molar-refractivity contribution < 1.29 is 9.90 Å². The van der Waals surface area contributed by atoms with Gasteiger partial charge in [0.1, 0.15) is 5.76 Å². The van der Waals surface area contributed by atoms with Gasteiger partial charge in [-0.2, -0.15) is 0 Å². The number of benzene rings is 1. The van der Waals surface area contributed by atoms with E-state index in [9.17, 15) is 9.90 Å². The number of carbonyl (C=O) groups is 1. The lowest BCUT2D eigenvalue weighted by Gasteiger charge is -2.60. The largest absolute Gasteiger partial charge is 0.512 e. The zero-order valence-corrected chi connectivity index (χ0v) is 20.6. The first kappa shape index (κ1) is 22.2. The van der Waals surface area contributed by atoms with Crippen LogP contribution in [-0.2, 0) is 4.79 Å². The van der Waals surface area contributed by atoms with Crippen molar-refractivity contribution in [1.82, 2.24) is 0 Å². The average molecular weight is 435 g/mol. The lowest BCUT2D eigenvalue weighted by atomic mass is 9.44. The molecule has 4 aliphatic carbocycles. The van der Waals surface area contributed by atoms with Crippen LogP contribution >= 0.6 is 0 Å². The van der Waals surface area contributed by atoms with Crippen LogP contribution in [0.2, 0.25) is 0 Å². The molecule has 0 bridgehead atoms. The number of hydrogen-bond donors (Lipinski definition) is 1. The van der Waals surface area contributed by atoms with Crippen molar-refractivity contribution in [3.63, 3.8) is 0 Å². The molecule has 32 heavy (non-hydrogen) atoms. The van der Waals surface area contributed by atoms with Gasteiger partial charge in [-0.3, -0.25) is 4.79 Å². The summed E-state index contributed by atoms with van der Waals surface area (Å²) in [5, 5.41) is 9.94.